The molecule has 23 heavy (non-hydrogen) atoms. The Labute approximate surface area is 132 Å². The van der Waals surface area contributed by atoms with Crippen molar-refractivity contribution in [3.8, 4) is 5.75 Å². The van der Waals surface area contributed by atoms with Crippen molar-refractivity contribution in [3.05, 3.63) is 36.5 Å². The molecule has 8 heteroatoms. The van der Waals surface area contributed by atoms with E-state index in [9.17, 15) is 19.2 Å². The van der Waals surface area contributed by atoms with Crippen LogP contribution in [-0.4, -0.2) is 52.6 Å². The summed E-state index contributed by atoms with van der Waals surface area (Å²) in [7, 11) is 2.43. The molecule has 0 bridgehead atoms. The van der Waals surface area contributed by atoms with Crippen molar-refractivity contribution >= 4 is 29.3 Å². The summed E-state index contributed by atoms with van der Waals surface area (Å²) in [5.74, 6) is -3.88. The molecule has 2 N–H and O–H groups in total. The quantitative estimate of drug-likeness (QED) is 0.477. The number of carbonyl (C=O) groups excluding carboxylic acids is 4. The topological polar surface area (TPSA) is 107 Å². The molecule has 0 aromatic heterocycles. The number of hydrogen-bond donors (Lipinski definition) is 2. The maximum Gasteiger partial charge on any atom is 0.332 e. The number of carbonyl (C=O) groups is 4. The number of rotatable bonds is 4. The van der Waals surface area contributed by atoms with Crippen molar-refractivity contribution in [2.24, 2.45) is 5.92 Å². The van der Waals surface area contributed by atoms with Crippen LogP contribution in [0.15, 0.2) is 36.5 Å². The molecular formula is C15H15N3O5. The summed E-state index contributed by atoms with van der Waals surface area (Å²) in [4.78, 5) is 49.1. The Morgan fingerprint density at radius 2 is 1.61 bits per heavy atom. The number of barbiturate groups is 1. The Bertz CT molecular complexity index is 672. The smallest absolute Gasteiger partial charge is 0.332 e. The van der Waals surface area contributed by atoms with Crippen LogP contribution in [0.1, 0.15) is 0 Å². The first-order valence-corrected chi connectivity index (χ1v) is 6.68. The molecule has 0 aliphatic carbocycles. The monoisotopic (exact) mass is 317 g/mol. The highest BCUT2D eigenvalue weighted by Crippen LogP contribution is 2.17. The lowest BCUT2D eigenvalue weighted by atomic mass is 9.99. The summed E-state index contributed by atoms with van der Waals surface area (Å²) in [5, 5.41) is 11.9. The average Bonchev–Trinajstić information content (AvgIpc) is 2.53. The third-order valence-electron chi connectivity index (χ3n) is 3.38. The van der Waals surface area contributed by atoms with E-state index in [1.54, 1.807) is 12.1 Å². The Balaban J connectivity index is 2.08. The van der Waals surface area contributed by atoms with E-state index in [2.05, 4.69) is 5.32 Å². The van der Waals surface area contributed by atoms with Gasteiger partial charge in [-0.2, -0.15) is 0 Å². The molecule has 0 radical (unpaired) electrons. The summed E-state index contributed by atoms with van der Waals surface area (Å²) in [5.41, 5.74) is 0.609. The van der Waals surface area contributed by atoms with Gasteiger partial charge in [0.15, 0.2) is 11.7 Å². The Kier molecular flexibility index (Phi) is 4.44. The fourth-order valence-electron chi connectivity index (χ4n) is 2.02. The third kappa shape index (κ3) is 3.20. The summed E-state index contributed by atoms with van der Waals surface area (Å²) >= 11 is 0. The van der Waals surface area contributed by atoms with Gasteiger partial charge in [-0.25, -0.2) is 4.79 Å². The van der Waals surface area contributed by atoms with Crippen LogP contribution < -0.4 is 5.32 Å². The standard InChI is InChI=1S/C15H15N3O5/c1-17-13(21)12(14(22)18(2)15(17)23)11(20)7-8-16-9-3-5-10(19)6-4-9/h3-8,12,16,19H,1-2H3/b8-7+. The lowest BCUT2D eigenvalue weighted by molar-refractivity contribution is -0.150. The molecule has 0 atom stereocenters. The molecule has 1 aromatic rings. The summed E-state index contributed by atoms with van der Waals surface area (Å²) in [6.45, 7) is 0. The first-order chi connectivity index (χ1) is 10.8. The molecule has 1 heterocycles. The lowest BCUT2D eigenvalue weighted by Gasteiger charge is -2.31. The Morgan fingerprint density at radius 3 is 2.13 bits per heavy atom. The second-order valence-corrected chi connectivity index (χ2v) is 4.94. The Morgan fingerprint density at radius 1 is 1.09 bits per heavy atom. The zero-order chi connectivity index (χ0) is 17.1. The molecule has 0 saturated carbocycles. The Hall–Kier alpha value is -3.16. The number of benzene rings is 1. The SMILES string of the molecule is CN1C(=O)C(C(=O)/C=C/Nc2ccc(O)cc2)C(=O)N(C)C1=O. The van der Waals surface area contributed by atoms with Crippen molar-refractivity contribution in [1.29, 1.82) is 0 Å². The van der Waals surface area contributed by atoms with Gasteiger partial charge in [0.1, 0.15) is 5.75 Å². The molecule has 0 spiro atoms. The van der Waals surface area contributed by atoms with Gasteiger partial charge < -0.3 is 10.4 Å². The number of urea groups is 1. The number of allylic oxidation sites excluding steroid dienone is 1. The number of ketones is 1. The largest absolute Gasteiger partial charge is 0.508 e. The van der Waals surface area contributed by atoms with Gasteiger partial charge in [0.25, 0.3) is 11.8 Å². The van der Waals surface area contributed by atoms with Gasteiger partial charge in [-0.1, -0.05) is 0 Å². The first kappa shape index (κ1) is 16.2. The zero-order valence-corrected chi connectivity index (χ0v) is 12.5. The lowest BCUT2D eigenvalue weighted by Crippen LogP contribution is -2.58. The van der Waals surface area contributed by atoms with E-state index in [1.165, 1.54) is 32.4 Å². The predicted molar refractivity (Wildman–Crippen MR) is 80.3 cm³/mol. The molecule has 2 rings (SSSR count). The number of nitrogens with one attached hydrogen (secondary N) is 1. The van der Waals surface area contributed by atoms with Crippen LogP contribution in [-0.2, 0) is 14.4 Å². The normalized spacial score (nSPS) is 16.3. The number of hydrogen-bond acceptors (Lipinski definition) is 6. The number of phenolic OH excluding ortho intramolecular Hbond substituents is 1. The molecule has 1 fully saturated rings. The summed E-state index contributed by atoms with van der Waals surface area (Å²) < 4.78 is 0. The molecule has 1 aliphatic rings. The number of imide groups is 2. The van der Waals surface area contributed by atoms with Crippen LogP contribution in [0.3, 0.4) is 0 Å². The van der Waals surface area contributed by atoms with Gasteiger partial charge in [0, 0.05) is 26.0 Å². The minimum absolute atomic E-state index is 0.102. The molecule has 1 saturated heterocycles. The fraction of sp³-hybridized carbons (Fsp3) is 0.200. The van der Waals surface area contributed by atoms with Crippen LogP contribution >= 0.6 is 0 Å². The van der Waals surface area contributed by atoms with Crippen molar-refractivity contribution in [1.82, 2.24) is 9.80 Å². The van der Waals surface area contributed by atoms with Crippen LogP contribution in [0.2, 0.25) is 0 Å². The zero-order valence-electron chi connectivity index (χ0n) is 12.5. The van der Waals surface area contributed by atoms with Crippen molar-refractivity contribution in [2.75, 3.05) is 19.4 Å². The third-order valence-corrected chi connectivity index (χ3v) is 3.38. The highest BCUT2D eigenvalue weighted by Gasteiger charge is 2.45. The van der Waals surface area contributed by atoms with E-state index in [0.29, 0.717) is 5.69 Å². The van der Waals surface area contributed by atoms with Crippen LogP contribution in [0.25, 0.3) is 0 Å². The molecule has 0 unspecified atom stereocenters. The van der Waals surface area contributed by atoms with Gasteiger partial charge in [-0.15, -0.1) is 0 Å². The minimum Gasteiger partial charge on any atom is -0.508 e. The summed E-state index contributed by atoms with van der Waals surface area (Å²) in [6.07, 6.45) is 2.34. The van der Waals surface area contributed by atoms with E-state index in [1.807, 2.05) is 0 Å². The number of nitrogens with zero attached hydrogens (tertiary/aromatic N) is 2. The average molecular weight is 317 g/mol. The van der Waals surface area contributed by atoms with Crippen LogP contribution in [0.5, 0.6) is 5.75 Å². The maximum absolute atomic E-state index is 12.1. The van der Waals surface area contributed by atoms with E-state index >= 15 is 0 Å². The van der Waals surface area contributed by atoms with E-state index in [0.717, 1.165) is 15.9 Å². The highest BCUT2D eigenvalue weighted by molar-refractivity contribution is 6.28. The van der Waals surface area contributed by atoms with E-state index < -0.39 is 29.5 Å². The van der Waals surface area contributed by atoms with Gasteiger partial charge in [0.2, 0.25) is 0 Å². The highest BCUT2D eigenvalue weighted by atomic mass is 16.3. The van der Waals surface area contributed by atoms with Gasteiger partial charge in [-0.3, -0.25) is 24.2 Å². The summed E-state index contributed by atoms with van der Waals surface area (Å²) in [6, 6.07) is 5.32. The first-order valence-electron chi connectivity index (χ1n) is 6.68. The minimum atomic E-state index is -1.56. The number of aromatic hydroxyl groups is 1. The molecule has 4 amide bonds. The number of phenols is 1. The van der Waals surface area contributed by atoms with Crippen molar-refractivity contribution < 1.29 is 24.3 Å². The predicted octanol–water partition coefficient (Wildman–Crippen LogP) is 0.553. The van der Waals surface area contributed by atoms with Crippen molar-refractivity contribution in [2.45, 2.75) is 0 Å². The molecule has 8 nitrogen and oxygen atoms in total. The van der Waals surface area contributed by atoms with E-state index in [4.69, 9.17) is 5.11 Å². The molecule has 1 aromatic carbocycles. The van der Waals surface area contributed by atoms with Crippen LogP contribution in [0, 0.1) is 5.92 Å². The second kappa shape index (κ2) is 6.30. The van der Waals surface area contributed by atoms with Crippen molar-refractivity contribution in [3.63, 3.8) is 0 Å². The molecular weight excluding hydrogens is 302 g/mol. The van der Waals surface area contributed by atoms with Gasteiger partial charge >= 0.3 is 6.03 Å². The number of anilines is 1. The second-order valence-electron chi connectivity index (χ2n) is 4.94. The van der Waals surface area contributed by atoms with E-state index in [-0.39, 0.29) is 5.75 Å². The fourth-order valence-corrected chi connectivity index (χ4v) is 2.02. The van der Waals surface area contributed by atoms with Gasteiger partial charge in [0.05, 0.1) is 0 Å². The van der Waals surface area contributed by atoms with Crippen LogP contribution in [0.4, 0.5) is 10.5 Å². The maximum atomic E-state index is 12.1. The molecule has 1 aliphatic heterocycles. The van der Waals surface area contributed by atoms with Gasteiger partial charge in [-0.05, 0) is 30.3 Å². The molecule has 120 valence electrons. The number of amides is 4.